The van der Waals surface area contributed by atoms with E-state index < -0.39 is 0 Å². The molecule has 0 amide bonds. The molecule has 0 unspecified atom stereocenters. The maximum Gasteiger partial charge on any atom is 0.311 e. The average Bonchev–Trinajstić information content (AvgIpc) is 2.38. The highest BCUT2D eigenvalue weighted by atomic mass is 16.5. The minimum atomic E-state index is -0.143. The zero-order valence-corrected chi connectivity index (χ0v) is 11.3. The van der Waals surface area contributed by atoms with Crippen molar-refractivity contribution in [1.29, 1.82) is 0 Å². The monoisotopic (exact) mass is 239 g/mol. The van der Waals surface area contributed by atoms with Gasteiger partial charge in [-0.2, -0.15) is 0 Å². The number of methoxy groups -OCH3 is 1. The number of ether oxygens (including phenoxy) is 1. The lowest BCUT2D eigenvalue weighted by Gasteiger charge is -2.52. The fourth-order valence-corrected chi connectivity index (χ4v) is 3.39. The molecule has 1 N–H and O–H groups in total. The van der Waals surface area contributed by atoms with Crippen LogP contribution in [0.1, 0.15) is 52.4 Å². The predicted molar refractivity (Wildman–Crippen MR) is 67.7 cm³/mol. The molecule has 0 atom stereocenters. The zero-order chi connectivity index (χ0) is 12.5. The van der Waals surface area contributed by atoms with Crippen molar-refractivity contribution < 1.29 is 9.53 Å². The Kier molecular flexibility index (Phi) is 3.48. The lowest BCUT2D eigenvalue weighted by Crippen LogP contribution is -2.57. The number of esters is 1. The fraction of sp³-hybridized carbons (Fsp3) is 0.929. The Morgan fingerprint density at radius 1 is 1.18 bits per heavy atom. The van der Waals surface area contributed by atoms with Gasteiger partial charge in [-0.15, -0.1) is 0 Å². The first-order valence-corrected chi connectivity index (χ1v) is 6.85. The van der Waals surface area contributed by atoms with E-state index in [4.69, 9.17) is 4.74 Å². The quantitative estimate of drug-likeness (QED) is 0.766. The third-order valence-electron chi connectivity index (χ3n) is 4.75. The predicted octanol–water partition coefficient (Wildman–Crippen LogP) is 2.50. The summed E-state index contributed by atoms with van der Waals surface area (Å²) >= 11 is 0. The Hall–Kier alpha value is -0.570. The molecule has 0 aromatic carbocycles. The molecule has 0 radical (unpaired) electrons. The molecular formula is C14H25NO2. The van der Waals surface area contributed by atoms with Gasteiger partial charge in [-0.25, -0.2) is 0 Å². The SMILES string of the molecule is COC(=O)C12CCC(NCC(C)C)(CC1)CC2. The molecule has 2 bridgehead atoms. The maximum atomic E-state index is 11.9. The molecule has 3 nitrogen and oxygen atoms in total. The van der Waals surface area contributed by atoms with E-state index in [1.54, 1.807) is 0 Å². The molecule has 98 valence electrons. The van der Waals surface area contributed by atoms with Gasteiger partial charge >= 0.3 is 5.97 Å². The lowest BCUT2D eigenvalue weighted by atomic mass is 9.57. The summed E-state index contributed by atoms with van der Waals surface area (Å²) in [4.78, 5) is 11.9. The molecule has 3 saturated carbocycles. The number of fused-ring (bicyclic) bond motifs is 3. The molecule has 0 saturated heterocycles. The van der Waals surface area contributed by atoms with Crippen molar-refractivity contribution in [2.24, 2.45) is 11.3 Å². The third kappa shape index (κ3) is 2.35. The topological polar surface area (TPSA) is 38.3 Å². The first kappa shape index (κ1) is 12.9. The van der Waals surface area contributed by atoms with Crippen molar-refractivity contribution in [2.75, 3.05) is 13.7 Å². The summed E-state index contributed by atoms with van der Waals surface area (Å²) in [5.41, 5.74) is 0.177. The van der Waals surface area contributed by atoms with Crippen LogP contribution in [0.3, 0.4) is 0 Å². The van der Waals surface area contributed by atoms with Crippen LogP contribution in [0.5, 0.6) is 0 Å². The second-order valence-electron chi connectivity index (χ2n) is 6.33. The van der Waals surface area contributed by atoms with Gasteiger partial charge < -0.3 is 10.1 Å². The number of carbonyl (C=O) groups is 1. The third-order valence-corrected chi connectivity index (χ3v) is 4.75. The van der Waals surface area contributed by atoms with Gasteiger partial charge in [-0.3, -0.25) is 4.79 Å². The largest absolute Gasteiger partial charge is 0.469 e. The zero-order valence-electron chi connectivity index (χ0n) is 11.3. The Balaban J connectivity index is 1.97. The van der Waals surface area contributed by atoms with Crippen LogP contribution in [0.25, 0.3) is 0 Å². The van der Waals surface area contributed by atoms with Gasteiger partial charge in [0.25, 0.3) is 0 Å². The summed E-state index contributed by atoms with van der Waals surface area (Å²) in [7, 11) is 1.52. The number of hydrogen-bond donors (Lipinski definition) is 1. The molecule has 3 aliphatic carbocycles. The number of hydrogen-bond acceptors (Lipinski definition) is 3. The van der Waals surface area contributed by atoms with Crippen molar-refractivity contribution >= 4 is 5.97 Å². The van der Waals surface area contributed by atoms with Crippen LogP contribution in [0.15, 0.2) is 0 Å². The smallest absolute Gasteiger partial charge is 0.311 e. The Morgan fingerprint density at radius 2 is 1.71 bits per heavy atom. The molecule has 0 aliphatic heterocycles. The first-order valence-electron chi connectivity index (χ1n) is 6.85. The number of rotatable bonds is 4. The van der Waals surface area contributed by atoms with E-state index in [0.29, 0.717) is 11.5 Å². The van der Waals surface area contributed by atoms with Gasteiger partial charge in [-0.1, -0.05) is 13.8 Å². The van der Waals surface area contributed by atoms with Crippen molar-refractivity contribution in [2.45, 2.75) is 57.9 Å². The molecular weight excluding hydrogens is 214 g/mol. The van der Waals surface area contributed by atoms with Crippen molar-refractivity contribution in [3.05, 3.63) is 0 Å². The van der Waals surface area contributed by atoms with Gasteiger partial charge in [0.15, 0.2) is 0 Å². The molecule has 0 spiro atoms. The van der Waals surface area contributed by atoms with Crippen LogP contribution in [0.2, 0.25) is 0 Å². The first-order chi connectivity index (χ1) is 8.02. The van der Waals surface area contributed by atoms with Crippen LogP contribution in [0.4, 0.5) is 0 Å². The summed E-state index contributed by atoms with van der Waals surface area (Å²) in [5, 5.41) is 3.74. The van der Waals surface area contributed by atoms with Crippen LogP contribution in [-0.4, -0.2) is 25.2 Å². The number of nitrogens with one attached hydrogen (secondary N) is 1. The second kappa shape index (κ2) is 4.60. The highest BCUT2D eigenvalue weighted by Gasteiger charge is 2.52. The normalized spacial score (nSPS) is 36.2. The molecule has 0 aromatic rings. The molecule has 17 heavy (non-hydrogen) atoms. The minimum Gasteiger partial charge on any atom is -0.469 e. The highest BCUT2D eigenvalue weighted by Crippen LogP contribution is 2.52. The van der Waals surface area contributed by atoms with Gasteiger partial charge in [0.1, 0.15) is 0 Å². The van der Waals surface area contributed by atoms with Crippen molar-refractivity contribution in [3.8, 4) is 0 Å². The van der Waals surface area contributed by atoms with E-state index in [9.17, 15) is 4.79 Å². The van der Waals surface area contributed by atoms with Crippen LogP contribution in [-0.2, 0) is 9.53 Å². The molecule has 3 heteroatoms. The fourth-order valence-electron chi connectivity index (χ4n) is 3.39. The summed E-state index contributed by atoms with van der Waals surface area (Å²) < 4.78 is 4.98. The van der Waals surface area contributed by atoms with E-state index in [0.717, 1.165) is 45.1 Å². The van der Waals surface area contributed by atoms with E-state index in [1.807, 2.05) is 0 Å². The second-order valence-corrected chi connectivity index (χ2v) is 6.33. The summed E-state index contributed by atoms with van der Waals surface area (Å²) in [6.07, 6.45) is 6.42. The Morgan fingerprint density at radius 3 is 2.12 bits per heavy atom. The van der Waals surface area contributed by atoms with Crippen LogP contribution in [0, 0.1) is 11.3 Å². The van der Waals surface area contributed by atoms with Gasteiger partial charge in [0.05, 0.1) is 12.5 Å². The van der Waals surface area contributed by atoms with E-state index in [-0.39, 0.29) is 11.4 Å². The average molecular weight is 239 g/mol. The van der Waals surface area contributed by atoms with E-state index in [2.05, 4.69) is 19.2 Å². The summed E-state index contributed by atoms with van der Waals surface area (Å²) in [5.74, 6) is 0.716. The lowest BCUT2D eigenvalue weighted by molar-refractivity contribution is -0.160. The molecule has 3 aliphatic rings. The van der Waals surface area contributed by atoms with E-state index >= 15 is 0 Å². The Bertz CT molecular complexity index is 274. The Labute approximate surface area is 104 Å². The molecule has 0 heterocycles. The van der Waals surface area contributed by atoms with Gasteiger partial charge in [0, 0.05) is 5.54 Å². The van der Waals surface area contributed by atoms with Crippen molar-refractivity contribution in [3.63, 3.8) is 0 Å². The number of carbonyl (C=O) groups excluding carboxylic acids is 1. The van der Waals surface area contributed by atoms with Gasteiger partial charge in [-0.05, 0) is 51.0 Å². The van der Waals surface area contributed by atoms with Crippen LogP contribution >= 0.6 is 0 Å². The maximum absolute atomic E-state index is 11.9. The standard InChI is InChI=1S/C14H25NO2/c1-11(2)10-15-14-7-4-13(5-8-14,6-9-14)12(16)17-3/h11,15H,4-10H2,1-3H3. The van der Waals surface area contributed by atoms with Crippen molar-refractivity contribution in [1.82, 2.24) is 5.32 Å². The highest BCUT2D eigenvalue weighted by molar-refractivity contribution is 5.77. The summed E-state index contributed by atoms with van der Waals surface area (Å²) in [6.45, 7) is 5.58. The molecule has 0 aromatic heterocycles. The minimum absolute atomic E-state index is 0.0228. The van der Waals surface area contributed by atoms with Crippen LogP contribution < -0.4 is 5.32 Å². The molecule has 3 fully saturated rings. The van der Waals surface area contributed by atoms with E-state index in [1.165, 1.54) is 7.11 Å². The van der Waals surface area contributed by atoms with Gasteiger partial charge in [0.2, 0.25) is 0 Å². The molecule has 3 rings (SSSR count). The summed E-state index contributed by atoms with van der Waals surface area (Å²) in [6, 6.07) is 0.